The molecule has 2 aliphatic heterocycles. The number of amides is 3. The maximum Gasteiger partial charge on any atom is 0.255 e. The van der Waals surface area contributed by atoms with E-state index in [1.165, 1.54) is 76.3 Å². The number of piperidine rings is 1. The van der Waals surface area contributed by atoms with Gasteiger partial charge in [-0.1, -0.05) is 31.4 Å². The van der Waals surface area contributed by atoms with Crippen LogP contribution >= 0.6 is 0 Å². The number of fused-ring (bicyclic) bond motifs is 1. The van der Waals surface area contributed by atoms with Crippen molar-refractivity contribution < 1.29 is 14.4 Å². The van der Waals surface area contributed by atoms with Crippen LogP contribution in [0.4, 0.5) is 0 Å². The van der Waals surface area contributed by atoms with E-state index in [0.717, 1.165) is 41.7 Å². The summed E-state index contributed by atoms with van der Waals surface area (Å²) in [6.07, 6.45) is 16.7. The zero-order chi connectivity index (χ0) is 24.7. The lowest BCUT2D eigenvalue weighted by Gasteiger charge is -2.57. The molecule has 4 bridgehead atoms. The molecule has 0 aromatic heterocycles. The highest BCUT2D eigenvalue weighted by molar-refractivity contribution is 6.05. The van der Waals surface area contributed by atoms with Crippen LogP contribution in [0.2, 0.25) is 0 Å². The molecule has 2 heterocycles. The summed E-state index contributed by atoms with van der Waals surface area (Å²) < 4.78 is 0. The second-order valence-corrected chi connectivity index (χ2v) is 12.5. The molecule has 6 heteroatoms. The van der Waals surface area contributed by atoms with Gasteiger partial charge >= 0.3 is 0 Å². The topological polar surface area (TPSA) is 78.5 Å². The molecule has 7 rings (SSSR count). The molecule has 1 saturated heterocycles. The number of hydrogen-bond donors (Lipinski definition) is 2. The fourth-order valence-corrected chi connectivity index (χ4v) is 8.54. The Hall–Kier alpha value is -2.21. The summed E-state index contributed by atoms with van der Waals surface area (Å²) in [4.78, 5) is 38.5. The highest BCUT2D eigenvalue weighted by Gasteiger charge is 2.50. The number of carbonyl (C=O) groups excluding carboxylic acids is 3. The summed E-state index contributed by atoms with van der Waals surface area (Å²) in [6, 6.07) is 5.44. The van der Waals surface area contributed by atoms with Crippen molar-refractivity contribution in [3.05, 3.63) is 34.9 Å². The quantitative estimate of drug-likeness (QED) is 0.373. The van der Waals surface area contributed by atoms with Gasteiger partial charge in [-0.15, -0.1) is 0 Å². The minimum Gasteiger partial charge on any atom is -0.322 e. The predicted molar refractivity (Wildman–Crippen MR) is 138 cm³/mol. The Morgan fingerprint density at radius 2 is 1.61 bits per heavy atom. The molecule has 3 amide bonds. The van der Waals surface area contributed by atoms with Crippen LogP contribution in [-0.4, -0.2) is 40.7 Å². The summed E-state index contributed by atoms with van der Waals surface area (Å²) in [6.45, 7) is 1.66. The van der Waals surface area contributed by atoms with Crippen LogP contribution in [0.25, 0.3) is 0 Å². The third kappa shape index (κ3) is 4.73. The fourth-order valence-electron chi connectivity index (χ4n) is 8.54. The number of nitrogens with one attached hydrogen (secondary N) is 2. The molecule has 2 N–H and O–H groups in total. The smallest absolute Gasteiger partial charge is 0.255 e. The molecule has 36 heavy (non-hydrogen) atoms. The third-order valence-corrected chi connectivity index (χ3v) is 9.84. The summed E-state index contributed by atoms with van der Waals surface area (Å²) in [5, 5.41) is 6.42. The molecule has 6 aliphatic rings. The van der Waals surface area contributed by atoms with E-state index in [1.807, 2.05) is 12.1 Å². The van der Waals surface area contributed by atoms with E-state index in [0.29, 0.717) is 24.9 Å². The molecule has 194 valence electrons. The number of aryl methyl sites for hydroxylation is 1. The lowest BCUT2D eigenvalue weighted by molar-refractivity contribution is -0.136. The normalized spacial score (nSPS) is 32.8. The highest BCUT2D eigenvalue weighted by Crippen LogP contribution is 2.55. The number of imide groups is 1. The lowest BCUT2D eigenvalue weighted by atomic mass is 9.53. The van der Waals surface area contributed by atoms with Gasteiger partial charge in [0.1, 0.15) is 6.04 Å². The summed E-state index contributed by atoms with van der Waals surface area (Å²) in [5.74, 6) is 2.36. The number of unbranched alkanes of at least 4 members (excludes halogenated alkanes) is 4. The van der Waals surface area contributed by atoms with Gasteiger partial charge in [0.2, 0.25) is 11.8 Å². The van der Waals surface area contributed by atoms with Gasteiger partial charge in [0.05, 0.1) is 0 Å². The monoisotopic (exact) mass is 491 g/mol. The molecule has 1 aromatic carbocycles. The molecule has 0 radical (unpaired) electrons. The zero-order valence-electron chi connectivity index (χ0n) is 21.5. The molecule has 1 unspecified atom stereocenters. The van der Waals surface area contributed by atoms with Gasteiger partial charge in [-0.25, -0.2) is 0 Å². The van der Waals surface area contributed by atoms with Crippen molar-refractivity contribution in [3.8, 4) is 0 Å². The van der Waals surface area contributed by atoms with Gasteiger partial charge in [0.15, 0.2) is 0 Å². The van der Waals surface area contributed by atoms with Crippen molar-refractivity contribution in [1.82, 2.24) is 15.5 Å². The van der Waals surface area contributed by atoms with Crippen LogP contribution < -0.4 is 10.6 Å². The zero-order valence-corrected chi connectivity index (χ0v) is 21.5. The van der Waals surface area contributed by atoms with E-state index in [1.54, 1.807) is 4.90 Å². The number of nitrogens with zero attached hydrogens (tertiary/aromatic N) is 1. The van der Waals surface area contributed by atoms with Gasteiger partial charge < -0.3 is 10.2 Å². The molecule has 5 fully saturated rings. The van der Waals surface area contributed by atoms with E-state index in [4.69, 9.17) is 0 Å². The molecular formula is C30H41N3O3. The second-order valence-electron chi connectivity index (χ2n) is 12.5. The van der Waals surface area contributed by atoms with Crippen molar-refractivity contribution >= 4 is 17.7 Å². The van der Waals surface area contributed by atoms with E-state index in [9.17, 15) is 14.4 Å². The Labute approximate surface area is 215 Å². The first-order valence-electron chi connectivity index (χ1n) is 14.5. The summed E-state index contributed by atoms with van der Waals surface area (Å²) >= 11 is 0. The van der Waals surface area contributed by atoms with Crippen LogP contribution in [0.5, 0.6) is 0 Å². The van der Waals surface area contributed by atoms with E-state index in [-0.39, 0.29) is 17.7 Å². The van der Waals surface area contributed by atoms with Crippen molar-refractivity contribution in [2.45, 2.75) is 108 Å². The predicted octanol–water partition coefficient (Wildman–Crippen LogP) is 4.50. The first-order chi connectivity index (χ1) is 17.5. The molecule has 1 aromatic rings. The van der Waals surface area contributed by atoms with Crippen molar-refractivity contribution in [3.63, 3.8) is 0 Å². The average Bonchev–Trinajstić information content (AvgIpc) is 3.17. The first-order valence-corrected chi connectivity index (χ1v) is 14.5. The van der Waals surface area contributed by atoms with Gasteiger partial charge in [0.25, 0.3) is 5.91 Å². The van der Waals surface area contributed by atoms with Crippen molar-refractivity contribution in [2.24, 2.45) is 17.8 Å². The Kier molecular flexibility index (Phi) is 6.65. The second kappa shape index (κ2) is 9.92. The van der Waals surface area contributed by atoms with Crippen molar-refractivity contribution in [1.29, 1.82) is 0 Å². The summed E-state index contributed by atoms with van der Waals surface area (Å²) in [7, 11) is 0. The largest absolute Gasteiger partial charge is 0.322 e. The number of rotatable bonds is 10. The minimum atomic E-state index is -0.539. The van der Waals surface area contributed by atoms with Crippen LogP contribution in [0.1, 0.15) is 105 Å². The van der Waals surface area contributed by atoms with Gasteiger partial charge in [-0.05, 0) is 106 Å². The van der Waals surface area contributed by atoms with Crippen LogP contribution in [0.15, 0.2) is 18.2 Å². The molecular weight excluding hydrogens is 450 g/mol. The minimum absolute atomic E-state index is 0.0760. The SMILES string of the molecule is O=C1CCC(N2Cc3c(CCCCCCCNC45CC6CC(CC(C6)C4)C5)cccc3C2=O)C(=O)N1. The van der Waals surface area contributed by atoms with Gasteiger partial charge in [0, 0.05) is 24.1 Å². The maximum absolute atomic E-state index is 13.0. The standard InChI is InChI=1S/C30H41N3O3/c34-27-11-10-26(28(35)32-27)33-19-25-23(8-6-9-24(25)29(33)36)7-4-2-1-3-5-12-31-30-16-20-13-21(17-30)15-22(14-20)18-30/h6,8-9,20-22,26,31H,1-5,7,10-19H2,(H,32,34,35). The Balaban J connectivity index is 0.926. The van der Waals surface area contributed by atoms with Gasteiger partial charge in [-0.2, -0.15) is 0 Å². The Morgan fingerprint density at radius 3 is 2.33 bits per heavy atom. The van der Waals surface area contributed by atoms with Crippen LogP contribution in [-0.2, 0) is 22.6 Å². The fraction of sp³-hybridized carbons (Fsp3) is 0.700. The van der Waals surface area contributed by atoms with Crippen LogP contribution in [0, 0.1) is 17.8 Å². The molecule has 4 saturated carbocycles. The third-order valence-electron chi connectivity index (χ3n) is 9.84. The Bertz CT molecular complexity index is 999. The lowest BCUT2D eigenvalue weighted by Crippen LogP contribution is -2.58. The number of benzene rings is 1. The molecule has 6 nitrogen and oxygen atoms in total. The van der Waals surface area contributed by atoms with E-state index in [2.05, 4.69) is 16.7 Å². The van der Waals surface area contributed by atoms with E-state index >= 15 is 0 Å². The maximum atomic E-state index is 13.0. The summed E-state index contributed by atoms with van der Waals surface area (Å²) in [5.41, 5.74) is 3.53. The Morgan fingerprint density at radius 1 is 0.917 bits per heavy atom. The number of hydrogen-bond acceptors (Lipinski definition) is 4. The van der Waals surface area contributed by atoms with E-state index < -0.39 is 6.04 Å². The molecule has 4 aliphatic carbocycles. The van der Waals surface area contributed by atoms with Crippen molar-refractivity contribution in [2.75, 3.05) is 6.54 Å². The van der Waals surface area contributed by atoms with Crippen LogP contribution in [0.3, 0.4) is 0 Å². The van der Waals surface area contributed by atoms with Gasteiger partial charge in [-0.3, -0.25) is 19.7 Å². The molecule has 0 spiro atoms. The average molecular weight is 492 g/mol. The first kappa shape index (κ1) is 24.1. The number of carbonyl (C=O) groups is 3. The molecule has 1 atom stereocenters. The highest BCUT2D eigenvalue weighted by atomic mass is 16.2.